The van der Waals surface area contributed by atoms with E-state index >= 15 is 0 Å². The van der Waals surface area contributed by atoms with Crippen LogP contribution in [-0.4, -0.2) is 30.8 Å². The van der Waals surface area contributed by atoms with E-state index in [0.29, 0.717) is 24.2 Å². The topological polar surface area (TPSA) is 49.8 Å². The number of nitrogens with zero attached hydrogens (tertiary/aromatic N) is 1. The minimum Gasteiger partial charge on any atom is -0.505 e. The Hall–Kier alpha value is -2.49. The molecule has 0 aliphatic carbocycles. The number of benzene rings is 2. The summed E-state index contributed by atoms with van der Waals surface area (Å²) in [6.45, 7) is 8.26. The van der Waals surface area contributed by atoms with Crippen LogP contribution in [0.25, 0.3) is 0 Å². The third kappa shape index (κ3) is 5.75. The van der Waals surface area contributed by atoms with Crippen LogP contribution in [0.2, 0.25) is 0 Å². The van der Waals surface area contributed by atoms with Crippen LogP contribution in [0, 0.1) is 0 Å². The van der Waals surface area contributed by atoms with Crippen LogP contribution >= 0.6 is 0 Å². The summed E-state index contributed by atoms with van der Waals surface area (Å²) in [6.07, 6.45) is 4.72. The minimum atomic E-state index is -0.358. The van der Waals surface area contributed by atoms with Crippen molar-refractivity contribution in [3.05, 3.63) is 59.2 Å². The van der Waals surface area contributed by atoms with Crippen molar-refractivity contribution in [3.8, 4) is 5.75 Å². The molecule has 0 spiro atoms. The Morgan fingerprint density at radius 3 is 2.32 bits per heavy atom. The van der Waals surface area contributed by atoms with Gasteiger partial charge < -0.3 is 14.7 Å². The first-order valence-corrected chi connectivity index (χ1v) is 10.4. The van der Waals surface area contributed by atoms with E-state index in [2.05, 4.69) is 25.7 Å². The molecule has 0 atom stereocenters. The van der Waals surface area contributed by atoms with Crippen LogP contribution in [0.3, 0.4) is 0 Å². The molecule has 0 aliphatic rings. The minimum absolute atomic E-state index is 0.174. The first-order valence-electron chi connectivity index (χ1n) is 10.4. The zero-order valence-corrected chi connectivity index (χ0v) is 17.4. The molecule has 2 aromatic carbocycles. The molecule has 0 bridgehead atoms. The van der Waals surface area contributed by atoms with Crippen LogP contribution < -0.4 is 4.90 Å². The number of phenolic OH excluding ortho intramolecular Hbond substituents is 1. The SMILES string of the molecule is CCCCCCOC(=O)c1ccc(N(CC)CC)c(O)c1Cc1ccccc1. The fraction of sp³-hybridized carbons (Fsp3) is 0.458. The average molecular weight is 384 g/mol. The van der Waals surface area contributed by atoms with Gasteiger partial charge >= 0.3 is 5.97 Å². The lowest BCUT2D eigenvalue weighted by Gasteiger charge is -2.24. The van der Waals surface area contributed by atoms with Crippen molar-refractivity contribution in [2.75, 3.05) is 24.6 Å². The molecule has 2 aromatic rings. The normalized spacial score (nSPS) is 10.7. The summed E-state index contributed by atoms with van der Waals surface area (Å²) in [5.74, 6) is -0.184. The summed E-state index contributed by atoms with van der Waals surface area (Å²) in [6, 6.07) is 13.5. The molecule has 0 saturated carbocycles. The summed E-state index contributed by atoms with van der Waals surface area (Å²) >= 11 is 0. The van der Waals surface area contributed by atoms with Crippen LogP contribution in [0.1, 0.15) is 67.9 Å². The summed E-state index contributed by atoms with van der Waals surface area (Å²) in [5, 5.41) is 11.0. The molecule has 0 radical (unpaired) electrons. The predicted molar refractivity (Wildman–Crippen MR) is 115 cm³/mol. The van der Waals surface area contributed by atoms with E-state index in [-0.39, 0.29) is 11.7 Å². The number of hydrogen-bond donors (Lipinski definition) is 1. The van der Waals surface area contributed by atoms with Gasteiger partial charge in [-0.2, -0.15) is 0 Å². The van der Waals surface area contributed by atoms with E-state index in [1.165, 1.54) is 0 Å². The Morgan fingerprint density at radius 1 is 0.964 bits per heavy atom. The molecule has 28 heavy (non-hydrogen) atoms. The van der Waals surface area contributed by atoms with Gasteiger partial charge in [0, 0.05) is 25.1 Å². The molecule has 0 fully saturated rings. The third-order valence-electron chi connectivity index (χ3n) is 5.04. The maximum atomic E-state index is 12.7. The number of hydrogen-bond acceptors (Lipinski definition) is 4. The number of carbonyl (C=O) groups is 1. The second-order valence-electron chi connectivity index (χ2n) is 6.99. The quantitative estimate of drug-likeness (QED) is 0.407. The van der Waals surface area contributed by atoms with Crippen LogP contribution in [0.15, 0.2) is 42.5 Å². The highest BCUT2D eigenvalue weighted by Gasteiger charge is 2.21. The number of carbonyl (C=O) groups excluding carboxylic acids is 1. The molecule has 4 heteroatoms. The van der Waals surface area contributed by atoms with E-state index in [9.17, 15) is 9.90 Å². The smallest absolute Gasteiger partial charge is 0.338 e. The van der Waals surface area contributed by atoms with Gasteiger partial charge in [-0.15, -0.1) is 0 Å². The van der Waals surface area contributed by atoms with E-state index < -0.39 is 0 Å². The van der Waals surface area contributed by atoms with Gasteiger partial charge in [0.05, 0.1) is 17.9 Å². The number of ether oxygens (including phenoxy) is 1. The van der Waals surface area contributed by atoms with Crippen molar-refractivity contribution in [1.29, 1.82) is 0 Å². The number of anilines is 1. The van der Waals surface area contributed by atoms with E-state index in [4.69, 9.17) is 4.74 Å². The first-order chi connectivity index (χ1) is 13.6. The molecule has 0 unspecified atom stereocenters. The summed E-state index contributed by atoms with van der Waals surface area (Å²) in [7, 11) is 0. The second-order valence-corrected chi connectivity index (χ2v) is 6.99. The van der Waals surface area contributed by atoms with E-state index in [0.717, 1.165) is 50.0 Å². The summed E-state index contributed by atoms with van der Waals surface area (Å²) in [5.41, 5.74) is 2.89. The van der Waals surface area contributed by atoms with Crippen molar-refractivity contribution in [2.45, 2.75) is 52.9 Å². The molecule has 4 nitrogen and oxygen atoms in total. The highest BCUT2D eigenvalue weighted by Crippen LogP contribution is 2.35. The Balaban J connectivity index is 2.30. The van der Waals surface area contributed by atoms with E-state index in [1.54, 1.807) is 6.07 Å². The Bertz CT molecular complexity index is 739. The van der Waals surface area contributed by atoms with Gasteiger partial charge in [-0.05, 0) is 38.0 Å². The summed E-state index contributed by atoms with van der Waals surface area (Å²) < 4.78 is 5.50. The van der Waals surface area contributed by atoms with Gasteiger partial charge in [-0.3, -0.25) is 0 Å². The largest absolute Gasteiger partial charge is 0.505 e. The predicted octanol–water partition coefficient (Wildman–Crippen LogP) is 5.57. The molecule has 0 saturated heterocycles. The first kappa shape index (κ1) is 21.8. The molecule has 0 aliphatic heterocycles. The maximum Gasteiger partial charge on any atom is 0.338 e. The molecule has 0 amide bonds. The van der Waals surface area contributed by atoms with Gasteiger partial charge in [0.1, 0.15) is 5.75 Å². The number of aromatic hydroxyl groups is 1. The van der Waals surface area contributed by atoms with Crippen molar-refractivity contribution in [2.24, 2.45) is 0 Å². The lowest BCUT2D eigenvalue weighted by Crippen LogP contribution is -2.22. The van der Waals surface area contributed by atoms with Crippen molar-refractivity contribution < 1.29 is 14.6 Å². The molecule has 2 rings (SSSR count). The standard InChI is InChI=1S/C24H33NO3/c1-4-7-8-12-17-28-24(27)20-15-16-22(25(5-2)6-3)23(26)21(20)18-19-13-10-9-11-14-19/h9-11,13-16,26H,4-8,12,17-18H2,1-3H3. The second kappa shape index (κ2) is 11.4. The van der Waals surface area contributed by atoms with Crippen molar-refractivity contribution >= 4 is 11.7 Å². The number of unbranched alkanes of at least 4 members (excludes halogenated alkanes) is 3. The van der Waals surface area contributed by atoms with Crippen molar-refractivity contribution in [3.63, 3.8) is 0 Å². The number of rotatable bonds is 11. The maximum absolute atomic E-state index is 12.7. The molecule has 0 heterocycles. The molecular weight excluding hydrogens is 350 g/mol. The summed E-state index contributed by atoms with van der Waals surface area (Å²) in [4.78, 5) is 14.8. The molecule has 0 aromatic heterocycles. The highest BCUT2D eigenvalue weighted by atomic mass is 16.5. The van der Waals surface area contributed by atoms with Crippen LogP contribution in [0.4, 0.5) is 5.69 Å². The van der Waals surface area contributed by atoms with Crippen molar-refractivity contribution in [1.82, 2.24) is 0 Å². The number of esters is 1. The molecule has 152 valence electrons. The van der Waals surface area contributed by atoms with Crippen LogP contribution in [0.5, 0.6) is 5.75 Å². The highest BCUT2D eigenvalue weighted by molar-refractivity contribution is 5.93. The zero-order chi connectivity index (χ0) is 20.4. The van der Waals surface area contributed by atoms with E-state index in [1.807, 2.05) is 36.4 Å². The fourth-order valence-corrected chi connectivity index (χ4v) is 3.39. The monoisotopic (exact) mass is 383 g/mol. The van der Waals surface area contributed by atoms with Crippen LogP contribution in [-0.2, 0) is 11.2 Å². The fourth-order valence-electron chi connectivity index (χ4n) is 3.39. The Kier molecular flexibility index (Phi) is 8.86. The molecular formula is C24H33NO3. The van der Waals surface area contributed by atoms with Gasteiger partial charge in [-0.25, -0.2) is 4.79 Å². The average Bonchev–Trinajstić information content (AvgIpc) is 2.72. The molecule has 1 N–H and O–H groups in total. The Labute approximate surface area is 169 Å². The zero-order valence-electron chi connectivity index (χ0n) is 17.4. The van der Waals surface area contributed by atoms with Gasteiger partial charge in [0.15, 0.2) is 0 Å². The Morgan fingerprint density at radius 2 is 1.68 bits per heavy atom. The van der Waals surface area contributed by atoms with Gasteiger partial charge in [0.25, 0.3) is 0 Å². The van der Waals surface area contributed by atoms with Gasteiger partial charge in [0.2, 0.25) is 0 Å². The lowest BCUT2D eigenvalue weighted by atomic mass is 9.97. The van der Waals surface area contributed by atoms with Gasteiger partial charge in [-0.1, -0.05) is 56.5 Å². The lowest BCUT2D eigenvalue weighted by molar-refractivity contribution is 0.0496. The number of phenols is 1. The third-order valence-corrected chi connectivity index (χ3v) is 5.04.